The monoisotopic (exact) mass is 292 g/mol. The molecule has 0 saturated carbocycles. The van der Waals surface area contributed by atoms with Crippen LogP contribution >= 0.6 is 23.4 Å². The van der Waals surface area contributed by atoms with Crippen LogP contribution in [0.4, 0.5) is 0 Å². The van der Waals surface area contributed by atoms with E-state index in [4.69, 9.17) is 11.6 Å². The van der Waals surface area contributed by atoms with Crippen LogP contribution in [0.3, 0.4) is 0 Å². The highest BCUT2D eigenvalue weighted by atomic mass is 35.5. The third kappa shape index (κ3) is 3.71. The Morgan fingerprint density at radius 2 is 2.00 bits per heavy atom. The fourth-order valence-electron chi connectivity index (χ4n) is 1.88. The average Bonchev–Trinajstić information content (AvgIpc) is 2.41. The van der Waals surface area contributed by atoms with Crippen molar-refractivity contribution in [2.24, 2.45) is 0 Å². The highest BCUT2D eigenvalue weighted by Crippen LogP contribution is 2.29. The third-order valence-corrected chi connectivity index (χ3v) is 4.39. The summed E-state index contributed by atoms with van der Waals surface area (Å²) < 4.78 is 0. The molecule has 0 bridgehead atoms. The van der Waals surface area contributed by atoms with Crippen molar-refractivity contribution in [3.63, 3.8) is 0 Å². The Hall–Kier alpha value is -1.06. The predicted molar refractivity (Wildman–Crippen MR) is 81.8 cm³/mol. The van der Waals surface area contributed by atoms with E-state index < -0.39 is 0 Å². The summed E-state index contributed by atoms with van der Waals surface area (Å²) in [5.41, 5.74) is 3.72. The number of benzene rings is 1. The van der Waals surface area contributed by atoms with Crippen molar-refractivity contribution < 1.29 is 0 Å². The molecular formula is C15H17ClN2S. The van der Waals surface area contributed by atoms with Crippen LogP contribution in [0.2, 0.25) is 5.15 Å². The van der Waals surface area contributed by atoms with Gasteiger partial charge in [0.15, 0.2) is 0 Å². The van der Waals surface area contributed by atoms with Crippen molar-refractivity contribution in [1.29, 1.82) is 0 Å². The second-order valence-corrected chi connectivity index (χ2v) is 5.74. The Morgan fingerprint density at radius 1 is 1.21 bits per heavy atom. The van der Waals surface area contributed by atoms with Gasteiger partial charge in [0.1, 0.15) is 16.5 Å². The molecule has 0 atom stereocenters. The van der Waals surface area contributed by atoms with E-state index >= 15 is 0 Å². The van der Waals surface area contributed by atoms with Gasteiger partial charge >= 0.3 is 0 Å². The van der Waals surface area contributed by atoms with E-state index in [-0.39, 0.29) is 0 Å². The summed E-state index contributed by atoms with van der Waals surface area (Å²) in [6.07, 6.45) is 3.52. The lowest BCUT2D eigenvalue weighted by Crippen LogP contribution is -1.96. The van der Waals surface area contributed by atoms with Crippen molar-refractivity contribution in [1.82, 2.24) is 9.97 Å². The molecule has 1 aromatic carbocycles. The third-order valence-electron chi connectivity index (χ3n) is 2.98. The van der Waals surface area contributed by atoms with Gasteiger partial charge in [-0.3, -0.25) is 0 Å². The number of thioether (sulfide) groups is 1. The summed E-state index contributed by atoms with van der Waals surface area (Å²) in [7, 11) is 0. The van der Waals surface area contributed by atoms with E-state index in [0.29, 0.717) is 5.15 Å². The van der Waals surface area contributed by atoms with Crippen LogP contribution in [0.5, 0.6) is 0 Å². The zero-order chi connectivity index (χ0) is 13.7. The number of rotatable bonds is 5. The Balaban J connectivity index is 2.16. The minimum Gasteiger partial charge on any atom is -0.230 e. The van der Waals surface area contributed by atoms with Crippen LogP contribution in [-0.4, -0.2) is 9.97 Å². The SMILES string of the molecule is CCCc1c(Cl)ncnc1SCc1ccccc1C. The van der Waals surface area contributed by atoms with Crippen molar-refractivity contribution in [3.8, 4) is 0 Å². The van der Waals surface area contributed by atoms with E-state index in [1.165, 1.54) is 11.1 Å². The Morgan fingerprint density at radius 3 is 2.74 bits per heavy atom. The van der Waals surface area contributed by atoms with Crippen LogP contribution in [-0.2, 0) is 12.2 Å². The van der Waals surface area contributed by atoms with E-state index in [9.17, 15) is 0 Å². The molecule has 2 rings (SSSR count). The Kier molecular flexibility index (Phi) is 5.23. The van der Waals surface area contributed by atoms with Gasteiger partial charge in [0, 0.05) is 11.3 Å². The van der Waals surface area contributed by atoms with E-state index in [0.717, 1.165) is 29.2 Å². The summed E-state index contributed by atoms with van der Waals surface area (Å²) >= 11 is 7.89. The summed E-state index contributed by atoms with van der Waals surface area (Å²) in [6.45, 7) is 4.27. The van der Waals surface area contributed by atoms with Gasteiger partial charge < -0.3 is 0 Å². The minimum atomic E-state index is 0.587. The number of hydrogen-bond donors (Lipinski definition) is 0. The molecule has 0 unspecified atom stereocenters. The molecule has 0 fully saturated rings. The van der Waals surface area contributed by atoms with Crippen LogP contribution < -0.4 is 0 Å². The number of aryl methyl sites for hydroxylation is 1. The Bertz CT molecular complexity index is 558. The van der Waals surface area contributed by atoms with Crippen LogP contribution in [0.25, 0.3) is 0 Å². The minimum absolute atomic E-state index is 0.587. The number of halogens is 1. The lowest BCUT2D eigenvalue weighted by molar-refractivity contribution is 0.856. The molecule has 4 heteroatoms. The first kappa shape index (κ1) is 14.4. The first-order valence-electron chi connectivity index (χ1n) is 6.39. The lowest BCUT2D eigenvalue weighted by atomic mass is 10.1. The van der Waals surface area contributed by atoms with Crippen molar-refractivity contribution in [3.05, 3.63) is 52.4 Å². The summed E-state index contributed by atoms with van der Waals surface area (Å²) in [5.74, 6) is 0.913. The quantitative estimate of drug-likeness (QED) is 0.591. The molecule has 0 aliphatic carbocycles. The first-order chi connectivity index (χ1) is 9.22. The fraction of sp³-hybridized carbons (Fsp3) is 0.333. The van der Waals surface area contributed by atoms with Gasteiger partial charge in [0.05, 0.1) is 0 Å². The summed E-state index contributed by atoms with van der Waals surface area (Å²) in [5, 5.41) is 1.59. The molecule has 0 amide bonds. The van der Waals surface area contributed by atoms with Gasteiger partial charge in [0.25, 0.3) is 0 Å². The molecule has 19 heavy (non-hydrogen) atoms. The molecule has 0 aliphatic rings. The molecule has 0 spiro atoms. The van der Waals surface area contributed by atoms with Gasteiger partial charge in [-0.05, 0) is 24.5 Å². The van der Waals surface area contributed by atoms with Gasteiger partial charge in [-0.25, -0.2) is 9.97 Å². The second-order valence-electron chi connectivity index (χ2n) is 4.41. The largest absolute Gasteiger partial charge is 0.230 e. The number of nitrogens with zero attached hydrogens (tertiary/aromatic N) is 2. The smallest absolute Gasteiger partial charge is 0.136 e. The summed E-state index contributed by atoms with van der Waals surface area (Å²) in [4.78, 5) is 8.44. The fourth-order valence-corrected chi connectivity index (χ4v) is 3.27. The topological polar surface area (TPSA) is 25.8 Å². The molecular weight excluding hydrogens is 276 g/mol. The van der Waals surface area contributed by atoms with Crippen molar-refractivity contribution in [2.75, 3.05) is 0 Å². The van der Waals surface area contributed by atoms with E-state index in [1.807, 2.05) is 0 Å². The van der Waals surface area contributed by atoms with Gasteiger partial charge in [0.2, 0.25) is 0 Å². The second kappa shape index (κ2) is 6.92. The number of aromatic nitrogens is 2. The maximum atomic E-state index is 6.16. The average molecular weight is 293 g/mol. The lowest BCUT2D eigenvalue weighted by Gasteiger charge is -2.09. The predicted octanol–water partition coefficient (Wildman–Crippen LogP) is 4.68. The zero-order valence-corrected chi connectivity index (χ0v) is 12.8. The molecule has 1 heterocycles. The van der Waals surface area contributed by atoms with E-state index in [1.54, 1.807) is 18.1 Å². The van der Waals surface area contributed by atoms with Gasteiger partial charge in [-0.2, -0.15) is 0 Å². The van der Waals surface area contributed by atoms with E-state index in [2.05, 4.69) is 48.1 Å². The first-order valence-corrected chi connectivity index (χ1v) is 7.75. The molecule has 0 saturated heterocycles. The highest BCUT2D eigenvalue weighted by Gasteiger charge is 2.10. The molecule has 0 radical (unpaired) electrons. The molecule has 2 nitrogen and oxygen atoms in total. The highest BCUT2D eigenvalue weighted by molar-refractivity contribution is 7.98. The van der Waals surface area contributed by atoms with Gasteiger partial charge in [-0.15, -0.1) is 11.8 Å². The van der Waals surface area contributed by atoms with Gasteiger partial charge in [-0.1, -0.05) is 49.2 Å². The molecule has 0 N–H and O–H groups in total. The molecule has 1 aromatic heterocycles. The van der Waals surface area contributed by atoms with Crippen molar-refractivity contribution >= 4 is 23.4 Å². The maximum absolute atomic E-state index is 6.16. The standard InChI is InChI=1S/C15H17ClN2S/c1-3-6-13-14(16)17-10-18-15(13)19-9-12-8-5-4-7-11(12)2/h4-5,7-8,10H,3,6,9H2,1-2H3. The zero-order valence-electron chi connectivity index (χ0n) is 11.2. The molecule has 2 aromatic rings. The van der Waals surface area contributed by atoms with Crippen LogP contribution in [0.15, 0.2) is 35.6 Å². The Labute approximate surface area is 123 Å². The summed E-state index contributed by atoms with van der Waals surface area (Å²) in [6, 6.07) is 8.43. The molecule has 100 valence electrons. The molecule has 0 aliphatic heterocycles. The normalized spacial score (nSPS) is 10.7. The van der Waals surface area contributed by atoms with Crippen LogP contribution in [0.1, 0.15) is 30.0 Å². The van der Waals surface area contributed by atoms with Crippen molar-refractivity contribution in [2.45, 2.75) is 37.5 Å². The maximum Gasteiger partial charge on any atom is 0.136 e. The van der Waals surface area contributed by atoms with Crippen LogP contribution in [0, 0.1) is 6.92 Å². The number of hydrogen-bond acceptors (Lipinski definition) is 3.